The minimum atomic E-state index is 0.0262. The van der Waals surface area contributed by atoms with Gasteiger partial charge in [0, 0.05) is 6.04 Å². The molecule has 0 bridgehead atoms. The van der Waals surface area contributed by atoms with Gasteiger partial charge in [-0.3, -0.25) is 10.1 Å². The van der Waals surface area contributed by atoms with E-state index >= 15 is 0 Å². The summed E-state index contributed by atoms with van der Waals surface area (Å²) in [4.78, 5) is 14.8. The molecular weight excluding hydrogens is 236 g/mol. The van der Waals surface area contributed by atoms with Gasteiger partial charge in [-0.05, 0) is 31.1 Å². The summed E-state index contributed by atoms with van der Waals surface area (Å²) in [6.07, 6.45) is 4.47. The molecule has 1 aliphatic rings. The van der Waals surface area contributed by atoms with Gasteiger partial charge in [0.25, 0.3) is 0 Å². The third-order valence-corrected chi connectivity index (χ3v) is 4.05. The summed E-state index contributed by atoms with van der Waals surface area (Å²) in [5.74, 6) is 1.35. The molecule has 0 radical (unpaired) electrons. The van der Waals surface area contributed by atoms with Gasteiger partial charge in [0.2, 0.25) is 5.91 Å². The monoisotopic (exact) mass is 268 g/mol. The quantitative estimate of drug-likeness (QED) is 0.767. The summed E-state index contributed by atoms with van der Waals surface area (Å²) in [5.41, 5.74) is 0. The van der Waals surface area contributed by atoms with Crippen molar-refractivity contribution in [2.24, 2.45) is 11.8 Å². The Morgan fingerprint density at radius 1 is 1.21 bits per heavy atom. The zero-order valence-corrected chi connectivity index (χ0v) is 13.6. The average Bonchev–Trinajstić information content (AvgIpc) is 2.64. The minimum Gasteiger partial charge on any atom is -0.323 e. The fraction of sp³-hybridized carbons (Fsp3) is 0.938. The van der Waals surface area contributed by atoms with Crippen LogP contribution in [0.1, 0.15) is 67.2 Å². The van der Waals surface area contributed by atoms with Crippen molar-refractivity contribution in [1.82, 2.24) is 10.2 Å². The summed E-state index contributed by atoms with van der Waals surface area (Å²) in [6, 6.07) is 0.424. The summed E-state index contributed by atoms with van der Waals surface area (Å²) in [7, 11) is 0. The Labute approximate surface area is 119 Å². The van der Waals surface area contributed by atoms with Gasteiger partial charge in [-0.2, -0.15) is 0 Å². The third kappa shape index (κ3) is 3.95. The fourth-order valence-electron chi connectivity index (χ4n) is 3.11. The first-order valence-electron chi connectivity index (χ1n) is 8.00. The molecule has 112 valence electrons. The van der Waals surface area contributed by atoms with E-state index in [0.29, 0.717) is 23.8 Å². The number of hydrogen-bond donors (Lipinski definition) is 1. The molecule has 0 saturated carbocycles. The van der Waals surface area contributed by atoms with Gasteiger partial charge in [0.1, 0.15) is 0 Å². The highest BCUT2D eigenvalue weighted by atomic mass is 16.2. The van der Waals surface area contributed by atoms with E-state index in [9.17, 15) is 4.79 Å². The Bertz CT molecular complexity index is 288. The standard InChI is InChI=1S/C16H32N2O/c1-7-9-13(8-2)18-15(12(5)6)17-14(16(18)19)10-11(3)4/h11-15,17H,7-10H2,1-6H3. The van der Waals surface area contributed by atoms with Crippen LogP contribution in [0, 0.1) is 11.8 Å². The molecule has 3 heteroatoms. The predicted molar refractivity (Wildman–Crippen MR) is 80.8 cm³/mol. The highest BCUT2D eigenvalue weighted by molar-refractivity contribution is 5.84. The summed E-state index contributed by atoms with van der Waals surface area (Å²) in [5, 5.41) is 3.57. The molecule has 1 heterocycles. The van der Waals surface area contributed by atoms with Crippen LogP contribution in [0.25, 0.3) is 0 Å². The van der Waals surface area contributed by atoms with Crippen LogP contribution in [0.3, 0.4) is 0 Å². The molecule has 3 nitrogen and oxygen atoms in total. The number of nitrogens with zero attached hydrogens (tertiary/aromatic N) is 1. The Balaban J connectivity index is 2.87. The molecule has 0 aromatic carbocycles. The first-order valence-corrected chi connectivity index (χ1v) is 8.00. The summed E-state index contributed by atoms with van der Waals surface area (Å²) >= 11 is 0. The molecule has 3 atom stereocenters. The molecule has 19 heavy (non-hydrogen) atoms. The molecular formula is C16H32N2O. The molecule has 0 aromatic rings. The van der Waals surface area contributed by atoms with Crippen LogP contribution < -0.4 is 5.32 Å². The van der Waals surface area contributed by atoms with Crippen molar-refractivity contribution in [1.29, 1.82) is 0 Å². The molecule has 1 aliphatic heterocycles. The van der Waals surface area contributed by atoms with Gasteiger partial charge < -0.3 is 4.90 Å². The molecule has 1 amide bonds. The number of carbonyl (C=O) groups is 1. The van der Waals surface area contributed by atoms with Crippen LogP contribution in [0.15, 0.2) is 0 Å². The Kier molecular flexibility index (Phi) is 6.31. The average molecular weight is 268 g/mol. The van der Waals surface area contributed by atoms with Crippen LogP contribution in [0.5, 0.6) is 0 Å². The Hall–Kier alpha value is -0.570. The number of amides is 1. The van der Waals surface area contributed by atoms with Crippen molar-refractivity contribution in [3.05, 3.63) is 0 Å². The fourth-order valence-corrected chi connectivity index (χ4v) is 3.11. The second kappa shape index (κ2) is 7.28. The lowest BCUT2D eigenvalue weighted by Gasteiger charge is -2.34. The first-order chi connectivity index (χ1) is 8.92. The van der Waals surface area contributed by atoms with Crippen molar-refractivity contribution in [2.45, 2.75) is 85.5 Å². The van der Waals surface area contributed by atoms with E-state index in [1.807, 2.05) is 0 Å². The maximum absolute atomic E-state index is 12.7. The molecule has 1 saturated heterocycles. The van der Waals surface area contributed by atoms with Crippen molar-refractivity contribution in [2.75, 3.05) is 0 Å². The number of nitrogens with one attached hydrogen (secondary N) is 1. The van der Waals surface area contributed by atoms with E-state index in [2.05, 4.69) is 51.8 Å². The molecule has 0 spiro atoms. The topological polar surface area (TPSA) is 32.3 Å². The van der Waals surface area contributed by atoms with Crippen molar-refractivity contribution in [3.63, 3.8) is 0 Å². The second-order valence-corrected chi connectivity index (χ2v) is 6.63. The van der Waals surface area contributed by atoms with Crippen LogP contribution in [-0.2, 0) is 4.79 Å². The lowest BCUT2D eigenvalue weighted by Crippen LogP contribution is -2.47. The van der Waals surface area contributed by atoms with Crippen LogP contribution in [0.2, 0.25) is 0 Å². The van der Waals surface area contributed by atoms with E-state index in [-0.39, 0.29) is 12.2 Å². The van der Waals surface area contributed by atoms with Crippen LogP contribution in [-0.4, -0.2) is 29.1 Å². The molecule has 1 N–H and O–H groups in total. The normalized spacial score (nSPS) is 25.7. The molecule has 1 fully saturated rings. The lowest BCUT2D eigenvalue weighted by atomic mass is 10.0. The van der Waals surface area contributed by atoms with Crippen molar-refractivity contribution < 1.29 is 4.79 Å². The van der Waals surface area contributed by atoms with Crippen molar-refractivity contribution >= 4 is 5.91 Å². The van der Waals surface area contributed by atoms with Gasteiger partial charge in [0.15, 0.2) is 0 Å². The molecule has 3 unspecified atom stereocenters. The highest BCUT2D eigenvalue weighted by Gasteiger charge is 2.42. The van der Waals surface area contributed by atoms with E-state index < -0.39 is 0 Å². The first kappa shape index (κ1) is 16.5. The van der Waals surface area contributed by atoms with Crippen molar-refractivity contribution in [3.8, 4) is 0 Å². The predicted octanol–water partition coefficient (Wildman–Crippen LogP) is 3.39. The lowest BCUT2D eigenvalue weighted by molar-refractivity contribution is -0.133. The van der Waals surface area contributed by atoms with Gasteiger partial charge in [0.05, 0.1) is 12.2 Å². The number of hydrogen-bond acceptors (Lipinski definition) is 2. The van der Waals surface area contributed by atoms with Gasteiger partial charge in [-0.25, -0.2) is 0 Å². The van der Waals surface area contributed by atoms with E-state index in [4.69, 9.17) is 0 Å². The summed E-state index contributed by atoms with van der Waals surface area (Å²) in [6.45, 7) is 13.2. The molecule has 0 aromatic heterocycles. The SMILES string of the molecule is CCCC(CC)N1C(=O)C(CC(C)C)NC1C(C)C. The highest BCUT2D eigenvalue weighted by Crippen LogP contribution is 2.26. The molecule has 1 rings (SSSR count). The number of rotatable bonds is 7. The minimum absolute atomic E-state index is 0.0262. The Morgan fingerprint density at radius 2 is 1.84 bits per heavy atom. The third-order valence-electron chi connectivity index (χ3n) is 4.05. The van der Waals surface area contributed by atoms with Gasteiger partial charge in [-0.1, -0.05) is 48.0 Å². The Morgan fingerprint density at radius 3 is 2.26 bits per heavy atom. The van der Waals surface area contributed by atoms with E-state index in [1.165, 1.54) is 0 Å². The van der Waals surface area contributed by atoms with E-state index in [1.54, 1.807) is 0 Å². The molecule has 0 aliphatic carbocycles. The van der Waals surface area contributed by atoms with Crippen LogP contribution >= 0.6 is 0 Å². The largest absolute Gasteiger partial charge is 0.323 e. The number of carbonyl (C=O) groups excluding carboxylic acids is 1. The van der Waals surface area contributed by atoms with E-state index in [0.717, 1.165) is 25.7 Å². The van der Waals surface area contributed by atoms with Gasteiger partial charge >= 0.3 is 0 Å². The maximum Gasteiger partial charge on any atom is 0.241 e. The smallest absolute Gasteiger partial charge is 0.241 e. The zero-order valence-electron chi connectivity index (χ0n) is 13.6. The van der Waals surface area contributed by atoms with Gasteiger partial charge in [-0.15, -0.1) is 0 Å². The summed E-state index contributed by atoms with van der Waals surface area (Å²) < 4.78 is 0. The maximum atomic E-state index is 12.7. The van der Waals surface area contributed by atoms with Crippen LogP contribution in [0.4, 0.5) is 0 Å². The zero-order chi connectivity index (χ0) is 14.6. The second-order valence-electron chi connectivity index (χ2n) is 6.63.